The van der Waals surface area contributed by atoms with Crippen LogP contribution in [0.3, 0.4) is 0 Å². The van der Waals surface area contributed by atoms with Crippen LogP contribution in [0.5, 0.6) is 0 Å². The van der Waals surface area contributed by atoms with E-state index in [0.29, 0.717) is 21.2 Å². The molecule has 3 aromatic rings. The highest BCUT2D eigenvalue weighted by atomic mass is 35.5. The van der Waals surface area contributed by atoms with Crippen LogP contribution in [-0.2, 0) is 4.74 Å². The Morgan fingerprint density at radius 3 is 2.48 bits per heavy atom. The van der Waals surface area contributed by atoms with Crippen molar-refractivity contribution in [1.29, 1.82) is 0 Å². The van der Waals surface area contributed by atoms with Gasteiger partial charge in [-0.1, -0.05) is 0 Å². The lowest BCUT2D eigenvalue weighted by molar-refractivity contribution is 0.0604. The molecule has 3 rings (SSSR count). The molecular weight excluding hydrogens is 366 g/mol. The number of hydrogen-bond acceptors (Lipinski definition) is 7. The monoisotopic (exact) mass is 379 g/mol. The Bertz CT molecular complexity index is 940. The number of nitrogens with zero attached hydrogens (tertiary/aromatic N) is 2. The van der Waals surface area contributed by atoms with Crippen molar-refractivity contribution >= 4 is 57.4 Å². The highest BCUT2D eigenvalue weighted by Crippen LogP contribution is 2.34. The van der Waals surface area contributed by atoms with Crippen molar-refractivity contribution in [3.05, 3.63) is 46.6 Å². The molecule has 0 atom stereocenters. The molecule has 0 aliphatic carbocycles. The Morgan fingerprint density at radius 1 is 1.20 bits per heavy atom. The first kappa shape index (κ1) is 18.6. The molecule has 7 nitrogen and oxygen atoms in total. The highest BCUT2D eigenvalue weighted by Gasteiger charge is 2.19. The van der Waals surface area contributed by atoms with Gasteiger partial charge in [-0.05, 0) is 36.8 Å². The molecule has 0 fully saturated rings. The minimum atomic E-state index is -0.984. The molecule has 9 heteroatoms. The lowest BCUT2D eigenvalue weighted by Crippen LogP contribution is -2.00. The molecule has 0 radical (unpaired) electrons. The standard InChI is InChI=1S/C16H13N3O4S.ClH/c1-8-11-13(19-10-5-3-9(4-6-10)15(20)21)17-7-18-14(11)24-12(8)16(22)23-2;/h3-7H,1-2H3,(H,20,21)(H,17,18,19);1H. The largest absolute Gasteiger partial charge is 0.478 e. The van der Waals surface area contributed by atoms with E-state index in [2.05, 4.69) is 15.3 Å². The van der Waals surface area contributed by atoms with E-state index in [1.54, 1.807) is 12.1 Å². The van der Waals surface area contributed by atoms with Gasteiger partial charge in [-0.15, -0.1) is 23.7 Å². The Hall–Kier alpha value is -2.71. The number of halogens is 1. The Balaban J connectivity index is 0.00000225. The van der Waals surface area contributed by atoms with Gasteiger partial charge in [0.1, 0.15) is 21.9 Å². The van der Waals surface area contributed by atoms with E-state index in [9.17, 15) is 9.59 Å². The third-order valence-electron chi connectivity index (χ3n) is 3.49. The van der Waals surface area contributed by atoms with Gasteiger partial charge in [0.25, 0.3) is 0 Å². The van der Waals surface area contributed by atoms with E-state index in [4.69, 9.17) is 9.84 Å². The highest BCUT2D eigenvalue weighted by molar-refractivity contribution is 7.20. The molecule has 2 N–H and O–H groups in total. The number of thiophene rings is 1. The zero-order chi connectivity index (χ0) is 17.3. The number of rotatable bonds is 4. The number of esters is 1. The van der Waals surface area contributed by atoms with Crippen LogP contribution in [0.1, 0.15) is 25.6 Å². The summed E-state index contributed by atoms with van der Waals surface area (Å²) in [5.41, 5.74) is 1.63. The number of carbonyl (C=O) groups is 2. The summed E-state index contributed by atoms with van der Waals surface area (Å²) in [6.45, 7) is 1.81. The van der Waals surface area contributed by atoms with Crippen LogP contribution in [-0.4, -0.2) is 34.1 Å². The number of aromatic nitrogens is 2. The van der Waals surface area contributed by atoms with Gasteiger partial charge >= 0.3 is 11.9 Å². The summed E-state index contributed by atoms with van der Waals surface area (Å²) in [4.78, 5) is 32.3. The number of methoxy groups -OCH3 is 1. The number of aryl methyl sites for hydroxylation is 1. The van der Waals surface area contributed by atoms with Crippen molar-refractivity contribution in [2.45, 2.75) is 6.92 Å². The molecular formula is C16H14ClN3O4S. The molecule has 2 heterocycles. The maximum absolute atomic E-state index is 11.8. The quantitative estimate of drug-likeness (QED) is 0.667. The fourth-order valence-electron chi connectivity index (χ4n) is 2.29. The van der Waals surface area contributed by atoms with Gasteiger partial charge in [0.2, 0.25) is 0 Å². The van der Waals surface area contributed by atoms with Crippen molar-refractivity contribution in [3.8, 4) is 0 Å². The summed E-state index contributed by atoms with van der Waals surface area (Å²) >= 11 is 1.24. The SMILES string of the molecule is COC(=O)c1sc2ncnc(Nc3ccc(C(=O)O)cc3)c2c1C.Cl. The van der Waals surface area contributed by atoms with Gasteiger partial charge in [-0.25, -0.2) is 19.6 Å². The van der Waals surface area contributed by atoms with Gasteiger partial charge < -0.3 is 15.2 Å². The topological polar surface area (TPSA) is 101 Å². The Kier molecular flexibility index (Phi) is 5.55. The molecule has 130 valence electrons. The fourth-order valence-corrected chi connectivity index (χ4v) is 3.35. The maximum atomic E-state index is 11.8. The van der Waals surface area contributed by atoms with Crippen LogP contribution in [0.4, 0.5) is 11.5 Å². The minimum Gasteiger partial charge on any atom is -0.478 e. The molecule has 25 heavy (non-hydrogen) atoms. The third kappa shape index (κ3) is 3.54. The van der Waals surface area contributed by atoms with Crippen molar-refractivity contribution in [2.75, 3.05) is 12.4 Å². The second kappa shape index (κ2) is 7.45. The van der Waals surface area contributed by atoms with E-state index < -0.39 is 11.9 Å². The van der Waals surface area contributed by atoms with Crippen LogP contribution in [0.2, 0.25) is 0 Å². The number of aromatic carboxylic acids is 1. The molecule has 0 unspecified atom stereocenters. The molecule has 0 amide bonds. The number of ether oxygens (including phenoxy) is 1. The van der Waals surface area contributed by atoms with Crippen molar-refractivity contribution in [2.24, 2.45) is 0 Å². The number of anilines is 2. The Morgan fingerprint density at radius 2 is 1.88 bits per heavy atom. The first-order chi connectivity index (χ1) is 11.5. The molecule has 0 bridgehead atoms. The lowest BCUT2D eigenvalue weighted by atomic mass is 10.2. The molecule has 0 aliphatic heterocycles. The van der Waals surface area contributed by atoms with Crippen LogP contribution in [0, 0.1) is 6.92 Å². The van der Waals surface area contributed by atoms with Crippen LogP contribution < -0.4 is 5.32 Å². The average Bonchev–Trinajstić information content (AvgIpc) is 2.92. The number of benzene rings is 1. The number of carboxylic acid groups (broad SMARTS) is 1. The smallest absolute Gasteiger partial charge is 0.348 e. The van der Waals surface area contributed by atoms with Crippen LogP contribution >= 0.6 is 23.7 Å². The zero-order valence-electron chi connectivity index (χ0n) is 13.3. The van der Waals surface area contributed by atoms with E-state index >= 15 is 0 Å². The molecule has 2 aromatic heterocycles. The molecule has 1 aromatic carbocycles. The normalized spacial score (nSPS) is 10.2. The average molecular weight is 380 g/mol. The van der Waals surface area contributed by atoms with Crippen LogP contribution in [0.15, 0.2) is 30.6 Å². The summed E-state index contributed by atoms with van der Waals surface area (Å²) in [6.07, 6.45) is 1.41. The summed E-state index contributed by atoms with van der Waals surface area (Å²) in [7, 11) is 1.33. The lowest BCUT2D eigenvalue weighted by Gasteiger charge is -2.07. The second-order valence-electron chi connectivity index (χ2n) is 4.96. The van der Waals surface area contributed by atoms with E-state index in [1.807, 2.05) is 6.92 Å². The summed E-state index contributed by atoms with van der Waals surface area (Å²) in [6, 6.07) is 6.31. The Labute approximate surface area is 153 Å². The van der Waals surface area contributed by atoms with Gasteiger partial charge in [0.05, 0.1) is 18.1 Å². The summed E-state index contributed by atoms with van der Waals surface area (Å²) in [5, 5.41) is 12.8. The predicted octanol–water partition coefficient (Wildman–Crippen LogP) is 3.65. The molecule has 0 aliphatic rings. The first-order valence-corrected chi connectivity index (χ1v) is 7.75. The third-order valence-corrected chi connectivity index (χ3v) is 4.67. The zero-order valence-corrected chi connectivity index (χ0v) is 14.9. The summed E-state index contributed by atoms with van der Waals surface area (Å²) in [5.74, 6) is -0.846. The van der Waals surface area contributed by atoms with Crippen molar-refractivity contribution < 1.29 is 19.4 Å². The van der Waals surface area contributed by atoms with Gasteiger partial charge in [0, 0.05) is 5.69 Å². The van der Waals surface area contributed by atoms with Crippen molar-refractivity contribution in [1.82, 2.24) is 9.97 Å². The number of hydrogen-bond donors (Lipinski definition) is 2. The van der Waals surface area contributed by atoms with E-state index in [0.717, 1.165) is 10.9 Å². The summed E-state index contributed by atoms with van der Waals surface area (Å²) < 4.78 is 4.79. The number of carboxylic acids is 1. The number of carbonyl (C=O) groups excluding carboxylic acids is 1. The number of nitrogens with one attached hydrogen (secondary N) is 1. The number of fused-ring (bicyclic) bond motifs is 1. The second-order valence-corrected chi connectivity index (χ2v) is 5.96. The van der Waals surface area contributed by atoms with Gasteiger partial charge in [0.15, 0.2) is 0 Å². The fraction of sp³-hybridized carbons (Fsp3) is 0.125. The maximum Gasteiger partial charge on any atom is 0.348 e. The van der Waals surface area contributed by atoms with Crippen LogP contribution in [0.25, 0.3) is 10.2 Å². The van der Waals surface area contributed by atoms with Gasteiger partial charge in [-0.3, -0.25) is 0 Å². The van der Waals surface area contributed by atoms with Gasteiger partial charge in [-0.2, -0.15) is 0 Å². The first-order valence-electron chi connectivity index (χ1n) is 6.94. The molecule has 0 saturated heterocycles. The predicted molar refractivity (Wildman–Crippen MR) is 97.4 cm³/mol. The van der Waals surface area contributed by atoms with E-state index in [1.165, 1.54) is 36.9 Å². The van der Waals surface area contributed by atoms with E-state index in [-0.39, 0.29) is 18.0 Å². The minimum absolute atomic E-state index is 0. The van der Waals surface area contributed by atoms with Crippen molar-refractivity contribution in [3.63, 3.8) is 0 Å². The molecule has 0 saturated carbocycles. The molecule has 0 spiro atoms.